The van der Waals surface area contributed by atoms with Gasteiger partial charge in [0.2, 0.25) is 5.56 Å². The van der Waals surface area contributed by atoms with Crippen LogP contribution in [0.2, 0.25) is 0 Å². The second kappa shape index (κ2) is 5.17. The molecule has 0 aromatic carbocycles. The molecule has 1 saturated carbocycles. The summed E-state index contributed by atoms with van der Waals surface area (Å²) in [6, 6.07) is 3.35. The van der Waals surface area contributed by atoms with Crippen molar-refractivity contribution in [3.05, 3.63) is 34.2 Å². The Hall–Kier alpha value is -1.58. The van der Waals surface area contributed by atoms with Crippen molar-refractivity contribution in [1.82, 2.24) is 9.88 Å². The SMILES string of the molecule is CN(C(=O)c1cc[nH]c(=O)c1)C1CCCCC1. The van der Waals surface area contributed by atoms with Crippen LogP contribution >= 0.6 is 0 Å². The highest BCUT2D eigenvalue weighted by Crippen LogP contribution is 2.22. The molecule has 0 spiro atoms. The lowest BCUT2D eigenvalue weighted by molar-refractivity contribution is 0.0696. The van der Waals surface area contributed by atoms with Gasteiger partial charge in [0.15, 0.2) is 0 Å². The van der Waals surface area contributed by atoms with Gasteiger partial charge in [0, 0.05) is 30.9 Å². The number of rotatable bonds is 2. The van der Waals surface area contributed by atoms with Crippen LogP contribution in [0.5, 0.6) is 0 Å². The second-order valence-corrected chi connectivity index (χ2v) is 4.65. The molecule has 1 aromatic heterocycles. The van der Waals surface area contributed by atoms with E-state index in [0.29, 0.717) is 11.6 Å². The number of amides is 1. The molecule has 0 atom stereocenters. The first-order chi connectivity index (χ1) is 8.18. The average Bonchev–Trinajstić information content (AvgIpc) is 2.38. The van der Waals surface area contributed by atoms with Crippen molar-refractivity contribution in [2.24, 2.45) is 0 Å². The van der Waals surface area contributed by atoms with Gasteiger partial charge in [-0.15, -0.1) is 0 Å². The van der Waals surface area contributed by atoms with E-state index in [4.69, 9.17) is 0 Å². The summed E-state index contributed by atoms with van der Waals surface area (Å²) < 4.78 is 0. The van der Waals surface area contributed by atoms with Crippen LogP contribution in [0, 0.1) is 0 Å². The van der Waals surface area contributed by atoms with Gasteiger partial charge in [0.25, 0.3) is 5.91 Å². The van der Waals surface area contributed by atoms with E-state index >= 15 is 0 Å². The summed E-state index contributed by atoms with van der Waals surface area (Å²) in [6.07, 6.45) is 7.32. The standard InChI is InChI=1S/C13H18N2O2/c1-15(11-5-3-2-4-6-11)13(17)10-7-8-14-12(16)9-10/h7-9,11H,2-6H2,1H3,(H,14,16). The maximum Gasteiger partial charge on any atom is 0.254 e. The first-order valence-electron chi connectivity index (χ1n) is 6.14. The van der Waals surface area contributed by atoms with Gasteiger partial charge in [-0.05, 0) is 18.9 Å². The number of hydrogen-bond acceptors (Lipinski definition) is 2. The third kappa shape index (κ3) is 2.75. The van der Waals surface area contributed by atoms with Gasteiger partial charge in [-0.2, -0.15) is 0 Å². The number of nitrogens with one attached hydrogen (secondary N) is 1. The third-order valence-corrected chi connectivity index (χ3v) is 3.46. The van der Waals surface area contributed by atoms with Crippen LogP contribution in [0.25, 0.3) is 0 Å². The lowest BCUT2D eigenvalue weighted by Gasteiger charge is -2.31. The molecule has 0 unspecified atom stereocenters. The summed E-state index contributed by atoms with van der Waals surface area (Å²) in [5, 5.41) is 0. The summed E-state index contributed by atoms with van der Waals surface area (Å²) in [4.78, 5) is 27.6. The smallest absolute Gasteiger partial charge is 0.254 e. The maximum atomic E-state index is 12.2. The van der Waals surface area contributed by atoms with Crippen molar-refractivity contribution in [3.63, 3.8) is 0 Å². The number of aromatic amines is 1. The number of nitrogens with zero attached hydrogens (tertiary/aromatic N) is 1. The van der Waals surface area contributed by atoms with Gasteiger partial charge in [0.05, 0.1) is 0 Å². The minimum absolute atomic E-state index is 0.0528. The Kier molecular flexibility index (Phi) is 3.61. The number of hydrogen-bond donors (Lipinski definition) is 1. The molecular weight excluding hydrogens is 216 g/mol. The predicted octanol–water partition coefficient (Wildman–Crippen LogP) is 1.78. The number of aromatic nitrogens is 1. The molecular formula is C13H18N2O2. The number of H-pyrrole nitrogens is 1. The molecule has 2 rings (SSSR count). The predicted molar refractivity (Wildman–Crippen MR) is 66.0 cm³/mol. The van der Waals surface area contributed by atoms with E-state index in [9.17, 15) is 9.59 Å². The molecule has 1 fully saturated rings. The van der Waals surface area contributed by atoms with E-state index in [2.05, 4.69) is 4.98 Å². The molecule has 1 aliphatic carbocycles. The summed E-state index contributed by atoms with van der Waals surface area (Å²) in [5.41, 5.74) is 0.245. The Morgan fingerprint density at radius 3 is 2.71 bits per heavy atom. The van der Waals surface area contributed by atoms with Gasteiger partial charge < -0.3 is 9.88 Å². The van der Waals surface area contributed by atoms with Crippen LogP contribution in [0.3, 0.4) is 0 Å². The minimum atomic E-state index is -0.229. The average molecular weight is 234 g/mol. The van der Waals surface area contributed by atoms with Gasteiger partial charge in [-0.3, -0.25) is 9.59 Å². The van der Waals surface area contributed by atoms with Crippen LogP contribution in [-0.4, -0.2) is 28.9 Å². The van der Waals surface area contributed by atoms with Crippen molar-refractivity contribution < 1.29 is 4.79 Å². The Balaban J connectivity index is 2.11. The van der Waals surface area contributed by atoms with Crippen LogP contribution in [0.1, 0.15) is 42.5 Å². The Bertz CT molecular complexity index is 447. The highest BCUT2D eigenvalue weighted by Gasteiger charge is 2.22. The third-order valence-electron chi connectivity index (χ3n) is 3.46. The zero-order valence-corrected chi connectivity index (χ0v) is 10.1. The molecule has 4 nitrogen and oxygen atoms in total. The lowest BCUT2D eigenvalue weighted by Crippen LogP contribution is -2.38. The molecule has 17 heavy (non-hydrogen) atoms. The van der Waals surface area contributed by atoms with Crippen molar-refractivity contribution in [1.29, 1.82) is 0 Å². The van der Waals surface area contributed by atoms with Gasteiger partial charge in [-0.1, -0.05) is 19.3 Å². The van der Waals surface area contributed by atoms with E-state index < -0.39 is 0 Å². The van der Waals surface area contributed by atoms with Gasteiger partial charge in [0.1, 0.15) is 0 Å². The molecule has 1 aliphatic rings. The summed E-state index contributed by atoms with van der Waals surface area (Å²) in [6.45, 7) is 0. The van der Waals surface area contributed by atoms with Gasteiger partial charge >= 0.3 is 0 Å². The van der Waals surface area contributed by atoms with E-state index in [-0.39, 0.29) is 11.5 Å². The molecule has 4 heteroatoms. The number of pyridine rings is 1. The summed E-state index contributed by atoms with van der Waals surface area (Å²) in [5.74, 6) is -0.0528. The fraction of sp³-hybridized carbons (Fsp3) is 0.538. The quantitative estimate of drug-likeness (QED) is 0.848. The van der Waals surface area contributed by atoms with Gasteiger partial charge in [-0.25, -0.2) is 0 Å². The summed E-state index contributed by atoms with van der Waals surface area (Å²) in [7, 11) is 1.83. The molecule has 0 radical (unpaired) electrons. The molecule has 1 amide bonds. The fourth-order valence-electron chi connectivity index (χ4n) is 2.42. The Labute approximate surface area is 101 Å². The van der Waals surface area contributed by atoms with E-state index in [1.807, 2.05) is 7.05 Å². The molecule has 1 N–H and O–H groups in total. The van der Waals surface area contributed by atoms with Crippen molar-refractivity contribution in [2.75, 3.05) is 7.05 Å². The zero-order valence-electron chi connectivity index (χ0n) is 10.1. The van der Waals surface area contributed by atoms with E-state index in [0.717, 1.165) is 12.8 Å². The van der Waals surface area contributed by atoms with Crippen LogP contribution in [0.4, 0.5) is 0 Å². The zero-order chi connectivity index (χ0) is 12.3. The Morgan fingerprint density at radius 1 is 1.35 bits per heavy atom. The number of carbonyl (C=O) groups excluding carboxylic acids is 1. The normalized spacial score (nSPS) is 16.8. The van der Waals surface area contributed by atoms with Crippen molar-refractivity contribution >= 4 is 5.91 Å². The maximum absolute atomic E-state index is 12.2. The largest absolute Gasteiger partial charge is 0.339 e. The molecule has 0 bridgehead atoms. The first-order valence-corrected chi connectivity index (χ1v) is 6.14. The molecule has 0 aliphatic heterocycles. The molecule has 92 valence electrons. The van der Waals surface area contributed by atoms with Crippen LogP contribution < -0.4 is 5.56 Å². The first kappa shape index (κ1) is 11.9. The van der Waals surface area contributed by atoms with Crippen LogP contribution in [0.15, 0.2) is 23.1 Å². The van der Waals surface area contributed by atoms with Crippen molar-refractivity contribution in [3.8, 4) is 0 Å². The highest BCUT2D eigenvalue weighted by atomic mass is 16.2. The fourth-order valence-corrected chi connectivity index (χ4v) is 2.42. The topological polar surface area (TPSA) is 53.2 Å². The van der Waals surface area contributed by atoms with E-state index in [1.165, 1.54) is 31.5 Å². The monoisotopic (exact) mass is 234 g/mol. The second-order valence-electron chi connectivity index (χ2n) is 4.65. The highest BCUT2D eigenvalue weighted by molar-refractivity contribution is 5.94. The molecule has 1 aromatic rings. The van der Waals surface area contributed by atoms with E-state index in [1.54, 1.807) is 11.0 Å². The van der Waals surface area contributed by atoms with Crippen molar-refractivity contribution in [2.45, 2.75) is 38.1 Å². The van der Waals surface area contributed by atoms with Crippen LogP contribution in [-0.2, 0) is 0 Å². The number of carbonyl (C=O) groups is 1. The molecule has 1 heterocycles. The summed E-state index contributed by atoms with van der Waals surface area (Å²) >= 11 is 0. The molecule has 0 saturated heterocycles. The lowest BCUT2D eigenvalue weighted by atomic mass is 9.94. The Morgan fingerprint density at radius 2 is 2.06 bits per heavy atom. The minimum Gasteiger partial charge on any atom is -0.339 e.